The van der Waals surface area contributed by atoms with E-state index in [9.17, 15) is 4.79 Å². The van der Waals surface area contributed by atoms with Gasteiger partial charge in [0.05, 0.1) is 0 Å². The molecule has 0 aromatic heterocycles. The van der Waals surface area contributed by atoms with Gasteiger partial charge in [-0.1, -0.05) is 46.3 Å². The Labute approximate surface area is 121 Å². The van der Waals surface area contributed by atoms with Crippen molar-refractivity contribution in [2.24, 2.45) is 0 Å². The predicted molar refractivity (Wildman–Crippen MR) is 82.9 cm³/mol. The SMILES string of the molecule is C/C(=C\C(=O)Nc1ccccc1)c1ccc(Br)cc1. The van der Waals surface area contributed by atoms with E-state index in [-0.39, 0.29) is 5.91 Å². The lowest BCUT2D eigenvalue weighted by Gasteiger charge is -2.04. The number of hydrogen-bond donors (Lipinski definition) is 1. The lowest BCUT2D eigenvalue weighted by molar-refractivity contribution is -0.111. The molecule has 0 heterocycles. The average Bonchev–Trinajstić information content (AvgIpc) is 2.40. The molecule has 0 saturated heterocycles. The van der Waals surface area contributed by atoms with Gasteiger partial charge in [0.25, 0.3) is 0 Å². The van der Waals surface area contributed by atoms with Crippen LogP contribution in [0, 0.1) is 0 Å². The predicted octanol–water partition coefficient (Wildman–Crippen LogP) is 4.49. The molecule has 2 nitrogen and oxygen atoms in total. The van der Waals surface area contributed by atoms with E-state index in [4.69, 9.17) is 0 Å². The van der Waals surface area contributed by atoms with Gasteiger partial charge in [-0.05, 0) is 42.3 Å². The van der Waals surface area contributed by atoms with Gasteiger partial charge in [-0.25, -0.2) is 0 Å². The number of carbonyl (C=O) groups excluding carboxylic acids is 1. The van der Waals surface area contributed by atoms with E-state index in [2.05, 4.69) is 21.2 Å². The minimum Gasteiger partial charge on any atom is -0.323 e. The normalized spacial score (nSPS) is 11.2. The molecule has 0 aliphatic rings. The van der Waals surface area contributed by atoms with Crippen molar-refractivity contribution in [3.8, 4) is 0 Å². The summed E-state index contributed by atoms with van der Waals surface area (Å²) < 4.78 is 1.03. The molecule has 0 unspecified atom stereocenters. The van der Waals surface area contributed by atoms with Crippen LogP contribution in [-0.4, -0.2) is 5.91 Å². The third-order valence-corrected chi connectivity index (χ3v) is 3.22. The van der Waals surface area contributed by atoms with Gasteiger partial charge in [0.15, 0.2) is 0 Å². The van der Waals surface area contributed by atoms with Gasteiger partial charge in [-0.15, -0.1) is 0 Å². The second kappa shape index (κ2) is 6.34. The number of halogens is 1. The molecular formula is C16H14BrNO. The fourth-order valence-electron chi connectivity index (χ4n) is 1.69. The van der Waals surface area contributed by atoms with E-state index in [0.29, 0.717) is 0 Å². The van der Waals surface area contributed by atoms with E-state index in [1.54, 1.807) is 6.08 Å². The molecule has 2 aromatic rings. The molecule has 0 aliphatic carbocycles. The number of nitrogens with one attached hydrogen (secondary N) is 1. The lowest BCUT2D eigenvalue weighted by Crippen LogP contribution is -2.08. The maximum Gasteiger partial charge on any atom is 0.248 e. The zero-order valence-electron chi connectivity index (χ0n) is 10.6. The molecule has 2 rings (SSSR count). The largest absolute Gasteiger partial charge is 0.323 e. The average molecular weight is 316 g/mol. The monoisotopic (exact) mass is 315 g/mol. The van der Waals surface area contributed by atoms with Gasteiger partial charge in [0, 0.05) is 16.2 Å². The van der Waals surface area contributed by atoms with Gasteiger partial charge in [0.2, 0.25) is 5.91 Å². The summed E-state index contributed by atoms with van der Waals surface area (Å²) in [6.07, 6.45) is 1.61. The Balaban J connectivity index is 2.08. The van der Waals surface area contributed by atoms with E-state index in [1.807, 2.05) is 61.5 Å². The number of hydrogen-bond acceptors (Lipinski definition) is 1. The maximum absolute atomic E-state index is 11.9. The third-order valence-electron chi connectivity index (χ3n) is 2.69. The molecule has 19 heavy (non-hydrogen) atoms. The number of rotatable bonds is 3. The number of benzene rings is 2. The van der Waals surface area contributed by atoms with Crippen LogP contribution in [-0.2, 0) is 4.79 Å². The van der Waals surface area contributed by atoms with Crippen LogP contribution in [0.1, 0.15) is 12.5 Å². The van der Waals surface area contributed by atoms with Crippen molar-refractivity contribution in [2.75, 3.05) is 5.32 Å². The van der Waals surface area contributed by atoms with Gasteiger partial charge in [-0.2, -0.15) is 0 Å². The van der Waals surface area contributed by atoms with Crippen LogP contribution in [0.15, 0.2) is 65.1 Å². The Kier molecular flexibility index (Phi) is 4.53. The fraction of sp³-hybridized carbons (Fsp3) is 0.0625. The molecule has 3 heteroatoms. The summed E-state index contributed by atoms with van der Waals surface area (Å²) in [5.74, 6) is -0.119. The Hall–Kier alpha value is -1.87. The molecule has 0 atom stereocenters. The van der Waals surface area contributed by atoms with Crippen LogP contribution >= 0.6 is 15.9 Å². The summed E-state index contributed by atoms with van der Waals surface area (Å²) in [5.41, 5.74) is 2.76. The van der Waals surface area contributed by atoms with Crippen LogP contribution < -0.4 is 5.32 Å². The van der Waals surface area contributed by atoms with Crippen molar-refractivity contribution < 1.29 is 4.79 Å². The highest BCUT2D eigenvalue weighted by Gasteiger charge is 2.01. The third kappa shape index (κ3) is 4.07. The Morgan fingerprint density at radius 1 is 1.05 bits per heavy atom. The summed E-state index contributed by atoms with van der Waals surface area (Å²) in [5, 5.41) is 2.83. The van der Waals surface area contributed by atoms with E-state index in [0.717, 1.165) is 21.3 Å². The van der Waals surface area contributed by atoms with Crippen LogP contribution in [0.2, 0.25) is 0 Å². The molecule has 0 radical (unpaired) electrons. The highest BCUT2D eigenvalue weighted by molar-refractivity contribution is 9.10. The molecule has 1 N–H and O–H groups in total. The molecule has 1 amide bonds. The fourth-order valence-corrected chi connectivity index (χ4v) is 1.96. The molecule has 0 bridgehead atoms. The molecule has 0 fully saturated rings. The number of para-hydroxylation sites is 1. The summed E-state index contributed by atoms with van der Waals surface area (Å²) >= 11 is 3.39. The molecule has 0 aliphatic heterocycles. The lowest BCUT2D eigenvalue weighted by atomic mass is 10.1. The van der Waals surface area contributed by atoms with Crippen molar-refractivity contribution in [2.45, 2.75) is 6.92 Å². The smallest absolute Gasteiger partial charge is 0.248 e. The van der Waals surface area contributed by atoms with Crippen LogP contribution in [0.5, 0.6) is 0 Å². The number of amides is 1. The number of allylic oxidation sites excluding steroid dienone is 1. The van der Waals surface area contributed by atoms with Gasteiger partial charge in [-0.3, -0.25) is 4.79 Å². The zero-order chi connectivity index (χ0) is 13.7. The minimum atomic E-state index is -0.119. The molecule has 0 saturated carbocycles. The summed E-state index contributed by atoms with van der Waals surface area (Å²) in [6, 6.07) is 17.3. The van der Waals surface area contributed by atoms with Crippen molar-refractivity contribution in [1.29, 1.82) is 0 Å². The summed E-state index contributed by atoms with van der Waals surface area (Å²) in [4.78, 5) is 11.9. The quantitative estimate of drug-likeness (QED) is 0.831. The summed E-state index contributed by atoms with van der Waals surface area (Å²) in [7, 11) is 0. The second-order valence-electron chi connectivity index (χ2n) is 4.19. The second-order valence-corrected chi connectivity index (χ2v) is 5.11. The highest BCUT2D eigenvalue weighted by Crippen LogP contribution is 2.17. The summed E-state index contributed by atoms with van der Waals surface area (Å²) in [6.45, 7) is 1.92. The first kappa shape index (κ1) is 13.6. The van der Waals surface area contributed by atoms with Crippen molar-refractivity contribution >= 4 is 33.1 Å². The van der Waals surface area contributed by atoms with Gasteiger partial charge < -0.3 is 5.32 Å². The minimum absolute atomic E-state index is 0.119. The Morgan fingerprint density at radius 3 is 2.32 bits per heavy atom. The van der Waals surface area contributed by atoms with E-state index in [1.165, 1.54) is 0 Å². The molecular weight excluding hydrogens is 302 g/mol. The van der Waals surface area contributed by atoms with Crippen molar-refractivity contribution in [3.63, 3.8) is 0 Å². The topological polar surface area (TPSA) is 29.1 Å². The van der Waals surface area contributed by atoms with E-state index >= 15 is 0 Å². The number of anilines is 1. The number of carbonyl (C=O) groups is 1. The van der Waals surface area contributed by atoms with Gasteiger partial charge >= 0.3 is 0 Å². The Bertz CT molecular complexity index is 588. The maximum atomic E-state index is 11.9. The van der Waals surface area contributed by atoms with Crippen LogP contribution in [0.3, 0.4) is 0 Å². The molecule has 0 spiro atoms. The Morgan fingerprint density at radius 2 is 1.68 bits per heavy atom. The van der Waals surface area contributed by atoms with Gasteiger partial charge in [0.1, 0.15) is 0 Å². The van der Waals surface area contributed by atoms with Crippen LogP contribution in [0.4, 0.5) is 5.69 Å². The highest BCUT2D eigenvalue weighted by atomic mass is 79.9. The molecule has 2 aromatic carbocycles. The molecule has 96 valence electrons. The first-order valence-corrected chi connectivity index (χ1v) is 6.75. The van der Waals surface area contributed by atoms with Crippen LogP contribution in [0.25, 0.3) is 5.57 Å². The zero-order valence-corrected chi connectivity index (χ0v) is 12.1. The first-order chi connectivity index (χ1) is 9.15. The first-order valence-electron chi connectivity index (χ1n) is 5.95. The van der Waals surface area contributed by atoms with Crippen molar-refractivity contribution in [1.82, 2.24) is 0 Å². The van der Waals surface area contributed by atoms with Crippen molar-refractivity contribution in [3.05, 3.63) is 70.7 Å². The van der Waals surface area contributed by atoms with E-state index < -0.39 is 0 Å². The standard InChI is InChI=1S/C16H14BrNO/c1-12(13-7-9-14(17)10-8-13)11-16(19)18-15-5-3-2-4-6-15/h2-11H,1H3,(H,18,19)/b12-11+.